The molecule has 4 N–H and O–H groups in total. The van der Waals surface area contributed by atoms with E-state index in [2.05, 4.69) is 0 Å². The molecule has 0 aromatic carbocycles. The van der Waals surface area contributed by atoms with Crippen LogP contribution in [0.4, 0.5) is 0 Å². The molecule has 4 heteroatoms. The van der Waals surface area contributed by atoms with E-state index in [9.17, 15) is 0 Å². The molecule has 0 rings (SSSR count). The minimum Gasteiger partial charge on any atom is -0.394 e. The van der Waals surface area contributed by atoms with E-state index in [1.165, 1.54) is 6.92 Å². The predicted molar refractivity (Wildman–Crippen MR) is 30.8 cm³/mol. The van der Waals surface area contributed by atoms with E-state index < -0.39 is 24.9 Å². The molecule has 0 aromatic rings. The average Bonchev–Trinajstić information content (AvgIpc) is 1.86. The van der Waals surface area contributed by atoms with Crippen molar-refractivity contribution in [3.8, 4) is 0 Å². The Morgan fingerprint density at radius 3 is 2.00 bits per heavy atom. The number of aliphatic hydroxyl groups is 4. The topological polar surface area (TPSA) is 80.9 Å². The van der Waals surface area contributed by atoms with Crippen molar-refractivity contribution in [2.75, 3.05) is 13.2 Å². The van der Waals surface area contributed by atoms with Crippen LogP contribution >= 0.6 is 0 Å². The summed E-state index contributed by atoms with van der Waals surface area (Å²) in [6.45, 7) is 0.135. The van der Waals surface area contributed by atoms with Crippen molar-refractivity contribution in [2.24, 2.45) is 0 Å². The molecule has 0 radical (unpaired) electrons. The van der Waals surface area contributed by atoms with Gasteiger partial charge in [0.2, 0.25) is 0 Å². The third-order valence-electron chi connectivity index (χ3n) is 1.21. The highest BCUT2D eigenvalue weighted by Crippen LogP contribution is 2.06. The maximum Gasteiger partial charge on any atom is 0.113 e. The van der Waals surface area contributed by atoms with Crippen molar-refractivity contribution in [3.63, 3.8) is 0 Å². The first kappa shape index (κ1) is 8.84. The second-order valence-corrected chi connectivity index (χ2v) is 2.21. The molecule has 9 heavy (non-hydrogen) atoms. The summed E-state index contributed by atoms with van der Waals surface area (Å²) >= 11 is 0. The molecule has 0 amide bonds. The fourth-order valence-electron chi connectivity index (χ4n) is 0.302. The second kappa shape index (κ2) is 3.12. The highest BCUT2D eigenvalue weighted by atomic mass is 16.4. The molecule has 0 bridgehead atoms. The maximum atomic E-state index is 8.93. The molecular formula is C5H12O4. The van der Waals surface area contributed by atoms with Crippen molar-refractivity contribution in [2.45, 2.75) is 18.6 Å². The van der Waals surface area contributed by atoms with Gasteiger partial charge in [0, 0.05) is 0 Å². The number of hydrogen-bond donors (Lipinski definition) is 4. The van der Waals surface area contributed by atoms with Crippen LogP contribution in [0, 0.1) is 0 Å². The van der Waals surface area contributed by atoms with Gasteiger partial charge in [-0.2, -0.15) is 0 Å². The lowest BCUT2D eigenvalue weighted by Gasteiger charge is -2.24. The lowest BCUT2D eigenvalue weighted by molar-refractivity contribution is -0.108. The Bertz CT molecular complexity index is 81.0. The van der Waals surface area contributed by atoms with Crippen LogP contribution in [0.25, 0.3) is 0 Å². The molecule has 56 valence electrons. The van der Waals surface area contributed by atoms with Gasteiger partial charge in [-0.25, -0.2) is 0 Å². The summed E-state index contributed by atoms with van der Waals surface area (Å²) in [4.78, 5) is 0. The fourth-order valence-corrected chi connectivity index (χ4v) is 0.302. The molecule has 0 aliphatic heterocycles. The van der Waals surface area contributed by atoms with E-state index in [0.717, 1.165) is 0 Å². The van der Waals surface area contributed by atoms with E-state index >= 15 is 0 Å². The lowest BCUT2D eigenvalue weighted by Crippen LogP contribution is -2.44. The largest absolute Gasteiger partial charge is 0.394 e. The van der Waals surface area contributed by atoms with Gasteiger partial charge >= 0.3 is 0 Å². The van der Waals surface area contributed by atoms with Crippen LogP contribution in [0.15, 0.2) is 0 Å². The van der Waals surface area contributed by atoms with Crippen LogP contribution in [0.1, 0.15) is 6.92 Å². The van der Waals surface area contributed by atoms with E-state index in [4.69, 9.17) is 20.4 Å². The van der Waals surface area contributed by atoms with Gasteiger partial charge in [-0.05, 0) is 6.92 Å². The summed E-state index contributed by atoms with van der Waals surface area (Å²) in [6.07, 6.45) is -1.28. The Morgan fingerprint density at radius 1 is 1.44 bits per heavy atom. The Hall–Kier alpha value is -0.160. The Balaban J connectivity index is 3.80. The van der Waals surface area contributed by atoms with Gasteiger partial charge in [-0.15, -0.1) is 0 Å². The highest BCUT2D eigenvalue weighted by Gasteiger charge is 2.28. The van der Waals surface area contributed by atoms with Crippen LogP contribution in [0.3, 0.4) is 0 Å². The van der Waals surface area contributed by atoms with E-state index in [1.54, 1.807) is 0 Å². The van der Waals surface area contributed by atoms with Crippen molar-refractivity contribution in [1.82, 2.24) is 0 Å². The van der Waals surface area contributed by atoms with Gasteiger partial charge in [0.05, 0.1) is 13.2 Å². The summed E-state index contributed by atoms with van der Waals surface area (Å²) < 4.78 is 0. The molecule has 0 fully saturated rings. The van der Waals surface area contributed by atoms with Crippen molar-refractivity contribution < 1.29 is 20.4 Å². The summed E-state index contributed by atoms with van der Waals surface area (Å²) in [5, 5.41) is 34.3. The zero-order valence-corrected chi connectivity index (χ0v) is 5.28. The first-order valence-corrected chi connectivity index (χ1v) is 2.66. The summed E-state index contributed by atoms with van der Waals surface area (Å²) in [7, 11) is 0. The molecule has 4 nitrogen and oxygen atoms in total. The van der Waals surface area contributed by atoms with Crippen LogP contribution in [-0.2, 0) is 0 Å². The first-order chi connectivity index (χ1) is 4.04. The molecule has 0 spiro atoms. The SMILES string of the molecule is C[C@](O)(CO)[C@@H](O)CO. The molecular weight excluding hydrogens is 124 g/mol. The minimum atomic E-state index is -1.59. The lowest BCUT2D eigenvalue weighted by atomic mass is 10.0. The molecule has 0 aromatic heterocycles. The zero-order chi connectivity index (χ0) is 7.49. The van der Waals surface area contributed by atoms with Gasteiger partial charge in [0.15, 0.2) is 0 Å². The molecule has 0 heterocycles. The quantitative estimate of drug-likeness (QED) is 0.364. The standard InChI is InChI=1S/C5H12O4/c1-5(9,3-7)4(8)2-6/h4,6-9H,2-3H2,1H3/t4-,5-/m0/s1. The third kappa shape index (κ3) is 2.28. The number of hydrogen-bond acceptors (Lipinski definition) is 4. The number of aliphatic hydroxyl groups excluding tert-OH is 3. The van der Waals surface area contributed by atoms with Crippen LogP contribution in [-0.4, -0.2) is 45.3 Å². The van der Waals surface area contributed by atoms with Gasteiger partial charge in [0.25, 0.3) is 0 Å². The number of rotatable bonds is 3. The molecule has 2 atom stereocenters. The predicted octanol–water partition coefficient (Wildman–Crippen LogP) is -1.92. The monoisotopic (exact) mass is 136 g/mol. The minimum absolute atomic E-state index is 0.548. The Kier molecular flexibility index (Phi) is 3.07. The van der Waals surface area contributed by atoms with Crippen LogP contribution in [0.5, 0.6) is 0 Å². The molecule has 0 saturated carbocycles. The molecule has 0 saturated heterocycles. The van der Waals surface area contributed by atoms with Crippen LogP contribution in [0.2, 0.25) is 0 Å². The Labute approximate surface area is 53.4 Å². The first-order valence-electron chi connectivity index (χ1n) is 2.66. The van der Waals surface area contributed by atoms with E-state index in [0.29, 0.717) is 0 Å². The fraction of sp³-hybridized carbons (Fsp3) is 1.00. The smallest absolute Gasteiger partial charge is 0.113 e. The highest BCUT2D eigenvalue weighted by molar-refractivity contribution is 4.79. The van der Waals surface area contributed by atoms with Crippen molar-refractivity contribution in [3.05, 3.63) is 0 Å². The molecule has 0 unspecified atom stereocenters. The average molecular weight is 136 g/mol. The van der Waals surface area contributed by atoms with E-state index in [-0.39, 0.29) is 0 Å². The molecule has 0 aliphatic carbocycles. The summed E-state index contributed by atoms with van der Waals surface area (Å²) in [5.41, 5.74) is -1.59. The van der Waals surface area contributed by atoms with Gasteiger partial charge in [-0.1, -0.05) is 0 Å². The molecule has 0 aliphatic rings. The zero-order valence-electron chi connectivity index (χ0n) is 5.28. The van der Waals surface area contributed by atoms with Gasteiger partial charge in [0.1, 0.15) is 11.7 Å². The van der Waals surface area contributed by atoms with Gasteiger partial charge in [-0.3, -0.25) is 0 Å². The van der Waals surface area contributed by atoms with E-state index in [1.807, 2.05) is 0 Å². The second-order valence-electron chi connectivity index (χ2n) is 2.21. The Morgan fingerprint density at radius 2 is 1.89 bits per heavy atom. The summed E-state index contributed by atoms with van der Waals surface area (Å²) in [5.74, 6) is 0. The third-order valence-corrected chi connectivity index (χ3v) is 1.21. The van der Waals surface area contributed by atoms with Crippen LogP contribution < -0.4 is 0 Å². The maximum absolute atomic E-state index is 8.93. The van der Waals surface area contributed by atoms with Crippen molar-refractivity contribution >= 4 is 0 Å². The van der Waals surface area contributed by atoms with Crippen molar-refractivity contribution in [1.29, 1.82) is 0 Å². The van der Waals surface area contributed by atoms with Gasteiger partial charge < -0.3 is 20.4 Å². The summed E-state index contributed by atoms with van der Waals surface area (Å²) in [6, 6.07) is 0. The normalized spacial score (nSPS) is 21.0.